The van der Waals surface area contributed by atoms with Crippen LogP contribution in [0, 0.1) is 13.8 Å². The molecule has 0 aliphatic carbocycles. The molecule has 3 rings (SSSR count). The minimum Gasteiger partial charge on any atom is -0.478 e. The smallest absolute Gasteiger partial charge is 0.338 e. The predicted molar refractivity (Wildman–Crippen MR) is 73.0 cm³/mol. The topological polar surface area (TPSA) is 72.4 Å². The van der Waals surface area contributed by atoms with Gasteiger partial charge in [0.15, 0.2) is 0 Å². The molecule has 6 heteroatoms. The third-order valence-electron chi connectivity index (χ3n) is 3.40. The highest BCUT2D eigenvalue weighted by Crippen LogP contribution is 2.15. The first-order valence-corrected chi connectivity index (χ1v) is 6.24. The zero-order valence-corrected chi connectivity index (χ0v) is 11.2. The Balaban J connectivity index is 1.94. The highest BCUT2D eigenvalue weighted by molar-refractivity contribution is 5.86. The minimum absolute atomic E-state index is 0.181. The molecule has 0 aliphatic heterocycles. The summed E-state index contributed by atoms with van der Waals surface area (Å²) < 4.78 is 3.55. The van der Waals surface area contributed by atoms with Crippen molar-refractivity contribution in [3.8, 4) is 0 Å². The summed E-state index contributed by atoms with van der Waals surface area (Å²) >= 11 is 0. The van der Waals surface area contributed by atoms with Gasteiger partial charge in [-0.15, -0.1) is 0 Å². The quantitative estimate of drug-likeness (QED) is 0.789. The molecule has 20 heavy (non-hydrogen) atoms. The van der Waals surface area contributed by atoms with Gasteiger partial charge < -0.3 is 9.51 Å². The number of hydrogen-bond acceptors (Lipinski definition) is 3. The second-order valence-electron chi connectivity index (χ2n) is 4.82. The normalized spacial score (nSPS) is 11.1. The molecule has 3 heterocycles. The number of nitrogens with zero attached hydrogens (tertiary/aromatic N) is 4. The molecule has 6 nitrogen and oxygen atoms in total. The van der Waals surface area contributed by atoms with Crippen LogP contribution in [-0.4, -0.2) is 30.2 Å². The van der Waals surface area contributed by atoms with Crippen molar-refractivity contribution < 1.29 is 9.90 Å². The van der Waals surface area contributed by atoms with E-state index in [1.54, 1.807) is 4.68 Å². The van der Waals surface area contributed by atoms with Gasteiger partial charge in [0.2, 0.25) is 0 Å². The van der Waals surface area contributed by atoms with Gasteiger partial charge >= 0.3 is 5.97 Å². The minimum atomic E-state index is -0.974. The summed E-state index contributed by atoms with van der Waals surface area (Å²) in [5, 5.41) is 12.9. The molecule has 0 atom stereocenters. The zero-order valence-electron chi connectivity index (χ0n) is 11.2. The van der Waals surface area contributed by atoms with Crippen LogP contribution in [0.5, 0.6) is 0 Å². The van der Waals surface area contributed by atoms with E-state index in [1.165, 1.54) is 18.0 Å². The number of carbonyl (C=O) groups is 1. The number of imidazole rings is 1. The van der Waals surface area contributed by atoms with Crippen LogP contribution in [0.2, 0.25) is 0 Å². The molecule has 0 spiro atoms. The van der Waals surface area contributed by atoms with Crippen molar-refractivity contribution in [2.24, 2.45) is 0 Å². The number of carboxylic acid groups (broad SMARTS) is 1. The molecule has 0 fully saturated rings. The van der Waals surface area contributed by atoms with Crippen LogP contribution in [0.15, 0.2) is 30.9 Å². The number of rotatable bonds is 3. The molecule has 0 unspecified atom stereocenters. The van der Waals surface area contributed by atoms with E-state index < -0.39 is 5.97 Å². The fraction of sp³-hybridized carbons (Fsp3) is 0.214. The van der Waals surface area contributed by atoms with Crippen LogP contribution in [-0.2, 0) is 6.54 Å². The van der Waals surface area contributed by atoms with Crippen molar-refractivity contribution in [1.82, 2.24) is 19.2 Å². The first-order valence-electron chi connectivity index (χ1n) is 6.24. The number of carboxylic acids is 1. The molecule has 3 aromatic rings. The zero-order chi connectivity index (χ0) is 14.3. The standard InChI is InChI=1S/C14H14N4O2/c1-9-3-4-17-7-12(16-13(17)10(9)2)8-18-6-11(5-15-18)14(19)20/h3-7H,8H2,1-2H3,(H,19,20). The SMILES string of the molecule is Cc1ccn2cc(Cn3cc(C(=O)O)cn3)nc2c1C. The fourth-order valence-corrected chi connectivity index (χ4v) is 2.13. The molecule has 102 valence electrons. The lowest BCUT2D eigenvalue weighted by atomic mass is 10.2. The number of aromatic carboxylic acids is 1. The highest BCUT2D eigenvalue weighted by atomic mass is 16.4. The Hall–Kier alpha value is -2.63. The molecule has 0 radical (unpaired) electrons. The summed E-state index contributed by atoms with van der Waals surface area (Å²) in [5.74, 6) is -0.974. The maximum absolute atomic E-state index is 10.8. The van der Waals surface area contributed by atoms with Crippen LogP contribution in [0.4, 0.5) is 0 Å². The number of aryl methyl sites for hydroxylation is 2. The van der Waals surface area contributed by atoms with Gasteiger partial charge in [-0.05, 0) is 31.0 Å². The van der Waals surface area contributed by atoms with E-state index in [1.807, 2.05) is 29.8 Å². The monoisotopic (exact) mass is 270 g/mol. The molecular formula is C14H14N4O2. The number of hydrogen-bond donors (Lipinski definition) is 1. The Morgan fingerprint density at radius 2 is 2.15 bits per heavy atom. The van der Waals surface area contributed by atoms with Crippen LogP contribution < -0.4 is 0 Å². The number of pyridine rings is 1. The largest absolute Gasteiger partial charge is 0.478 e. The van der Waals surface area contributed by atoms with Crippen LogP contribution >= 0.6 is 0 Å². The fourth-order valence-electron chi connectivity index (χ4n) is 2.13. The highest BCUT2D eigenvalue weighted by Gasteiger charge is 2.09. The second kappa shape index (κ2) is 4.48. The first-order chi connectivity index (χ1) is 9.54. The van der Waals surface area contributed by atoms with Crippen LogP contribution in [0.25, 0.3) is 5.65 Å². The van der Waals surface area contributed by atoms with Crippen molar-refractivity contribution >= 4 is 11.6 Å². The average Bonchev–Trinajstić information content (AvgIpc) is 3.01. The third-order valence-corrected chi connectivity index (χ3v) is 3.40. The Bertz CT molecular complexity index is 801. The van der Waals surface area contributed by atoms with Crippen LogP contribution in [0.3, 0.4) is 0 Å². The van der Waals surface area contributed by atoms with Crippen molar-refractivity contribution in [2.45, 2.75) is 20.4 Å². The van der Waals surface area contributed by atoms with Gasteiger partial charge in [0.1, 0.15) is 5.65 Å². The maximum atomic E-state index is 10.8. The lowest BCUT2D eigenvalue weighted by Gasteiger charge is -2.00. The summed E-state index contributed by atoms with van der Waals surface area (Å²) in [4.78, 5) is 15.4. The van der Waals surface area contributed by atoms with Crippen molar-refractivity contribution in [2.75, 3.05) is 0 Å². The van der Waals surface area contributed by atoms with Gasteiger partial charge in [0, 0.05) is 18.6 Å². The van der Waals surface area contributed by atoms with Gasteiger partial charge in [-0.25, -0.2) is 9.78 Å². The molecule has 0 bridgehead atoms. The van der Waals surface area contributed by atoms with E-state index in [0.29, 0.717) is 6.54 Å². The maximum Gasteiger partial charge on any atom is 0.338 e. The lowest BCUT2D eigenvalue weighted by molar-refractivity contribution is 0.0697. The van der Waals surface area contributed by atoms with Gasteiger partial charge in [-0.2, -0.15) is 5.10 Å². The molecule has 1 N–H and O–H groups in total. The van der Waals surface area contributed by atoms with Crippen molar-refractivity contribution in [3.05, 3.63) is 53.2 Å². The molecule has 0 aromatic carbocycles. The van der Waals surface area contributed by atoms with Gasteiger partial charge in [-0.3, -0.25) is 4.68 Å². The van der Waals surface area contributed by atoms with E-state index in [9.17, 15) is 4.79 Å². The molecule has 0 saturated heterocycles. The summed E-state index contributed by atoms with van der Waals surface area (Å²) in [6.07, 6.45) is 6.75. The predicted octanol–water partition coefficient (Wildman–Crippen LogP) is 1.89. The Morgan fingerprint density at radius 3 is 2.85 bits per heavy atom. The van der Waals surface area contributed by atoms with E-state index in [2.05, 4.69) is 17.0 Å². The van der Waals surface area contributed by atoms with Gasteiger partial charge in [0.05, 0.1) is 24.0 Å². The molecular weight excluding hydrogens is 256 g/mol. The third kappa shape index (κ3) is 2.05. The summed E-state index contributed by atoms with van der Waals surface area (Å²) in [6, 6.07) is 2.05. The molecule has 0 saturated carbocycles. The Kier molecular flexibility index (Phi) is 2.78. The summed E-state index contributed by atoms with van der Waals surface area (Å²) in [5.41, 5.74) is 4.29. The van der Waals surface area contributed by atoms with E-state index >= 15 is 0 Å². The lowest BCUT2D eigenvalue weighted by Crippen LogP contribution is -2.00. The summed E-state index contributed by atoms with van der Waals surface area (Å²) in [7, 11) is 0. The Labute approximate surface area is 115 Å². The van der Waals surface area contributed by atoms with Crippen molar-refractivity contribution in [3.63, 3.8) is 0 Å². The van der Waals surface area contributed by atoms with E-state index in [4.69, 9.17) is 5.11 Å². The average molecular weight is 270 g/mol. The number of aromatic nitrogens is 4. The van der Waals surface area contributed by atoms with Crippen LogP contribution in [0.1, 0.15) is 27.2 Å². The number of fused-ring (bicyclic) bond motifs is 1. The van der Waals surface area contributed by atoms with Gasteiger partial charge in [-0.1, -0.05) is 0 Å². The molecule has 0 aliphatic rings. The van der Waals surface area contributed by atoms with E-state index in [-0.39, 0.29) is 5.56 Å². The molecule has 0 amide bonds. The summed E-state index contributed by atoms with van der Waals surface area (Å²) in [6.45, 7) is 4.54. The second-order valence-corrected chi connectivity index (χ2v) is 4.82. The van der Waals surface area contributed by atoms with E-state index in [0.717, 1.165) is 16.9 Å². The molecule has 3 aromatic heterocycles. The van der Waals surface area contributed by atoms with Crippen molar-refractivity contribution in [1.29, 1.82) is 0 Å². The van der Waals surface area contributed by atoms with Gasteiger partial charge in [0.25, 0.3) is 0 Å². The first kappa shape index (κ1) is 12.4. The Morgan fingerprint density at radius 1 is 1.35 bits per heavy atom.